The third-order valence-corrected chi connectivity index (χ3v) is 13.7. The molecule has 0 aliphatic carbocycles. The molecule has 0 saturated carbocycles. The van der Waals surface area contributed by atoms with Crippen LogP contribution in [0.4, 0.5) is 0 Å². The second-order valence-electron chi connectivity index (χ2n) is 17.4. The molecule has 2 aromatic heterocycles. The maximum Gasteiger partial charge on any atom is 0.324 e. The van der Waals surface area contributed by atoms with Gasteiger partial charge in [-0.25, -0.2) is 15.2 Å². The second-order valence-corrected chi connectivity index (χ2v) is 18.4. The van der Waals surface area contributed by atoms with E-state index in [1.807, 2.05) is 19.3 Å². The van der Waals surface area contributed by atoms with Crippen molar-refractivity contribution in [2.24, 2.45) is 10.4 Å². The number of methoxy groups -OCH3 is 1. The Morgan fingerprint density at radius 1 is 1.19 bits per heavy atom. The minimum absolute atomic E-state index is 0.0456. The van der Waals surface area contributed by atoms with Crippen molar-refractivity contribution in [1.82, 2.24) is 29.8 Å². The lowest BCUT2D eigenvalue weighted by Crippen LogP contribution is -2.73. The molecule has 1 aromatic carbocycles. The van der Waals surface area contributed by atoms with Crippen LogP contribution in [-0.2, 0) is 43.2 Å². The van der Waals surface area contributed by atoms with Crippen molar-refractivity contribution in [3.05, 3.63) is 69.7 Å². The van der Waals surface area contributed by atoms with E-state index in [4.69, 9.17) is 19.5 Å². The van der Waals surface area contributed by atoms with Crippen LogP contribution in [0.5, 0.6) is 0 Å². The topological polar surface area (TPSA) is 122 Å². The molecule has 7 heterocycles. The average Bonchev–Trinajstić information content (AvgIpc) is 3.46. The van der Waals surface area contributed by atoms with E-state index in [0.29, 0.717) is 38.6 Å². The number of allylic oxidation sites excluding steroid dienone is 1. The number of hydrogen-bond donors (Lipinski definition) is 1. The van der Waals surface area contributed by atoms with Gasteiger partial charge in [0.1, 0.15) is 11.0 Å². The summed E-state index contributed by atoms with van der Waals surface area (Å²) in [5.41, 5.74) is 9.36. The van der Waals surface area contributed by atoms with Crippen LogP contribution in [0.2, 0.25) is 0 Å². The molecule has 2 unspecified atom stereocenters. The van der Waals surface area contributed by atoms with Crippen LogP contribution in [0.15, 0.2) is 58.4 Å². The zero-order chi connectivity index (χ0) is 41.1. The van der Waals surface area contributed by atoms with Gasteiger partial charge < -0.3 is 23.8 Å². The fourth-order valence-electron chi connectivity index (χ4n) is 9.34. The number of esters is 1. The number of aliphatic imine (C=N–C) groups is 1. The summed E-state index contributed by atoms with van der Waals surface area (Å²) in [6, 6.07) is 5.82. The van der Waals surface area contributed by atoms with Crippen LogP contribution >= 0.6 is 11.3 Å². The summed E-state index contributed by atoms with van der Waals surface area (Å²) in [7, 11) is 3.84. The van der Waals surface area contributed by atoms with Gasteiger partial charge >= 0.3 is 17.8 Å². The quantitative estimate of drug-likeness (QED) is 0.187. The Morgan fingerprint density at radius 3 is 2.66 bits per heavy atom. The fourth-order valence-corrected chi connectivity index (χ4v) is 10.3. The Kier molecular flexibility index (Phi) is 10.6. The third kappa shape index (κ3) is 6.96. The van der Waals surface area contributed by atoms with Gasteiger partial charge in [-0.05, 0) is 63.9 Å². The number of aromatic nitrogens is 2. The first-order chi connectivity index (χ1) is 27.7. The van der Waals surface area contributed by atoms with Crippen LogP contribution in [0.25, 0.3) is 28.2 Å². The van der Waals surface area contributed by atoms with E-state index in [9.17, 15) is 14.4 Å². The molecule has 13 nitrogen and oxygen atoms in total. The number of benzene rings is 1. The lowest BCUT2D eigenvalue weighted by molar-refractivity contribution is -0.786. The Bertz CT molecular complexity index is 2260. The van der Waals surface area contributed by atoms with Crippen LogP contribution in [0.3, 0.4) is 0 Å². The number of nitrogens with zero attached hydrogens (tertiary/aromatic N) is 7. The summed E-state index contributed by atoms with van der Waals surface area (Å²) in [4.78, 5) is 56.3. The summed E-state index contributed by atoms with van der Waals surface area (Å²) < 4.78 is 14.3. The Morgan fingerprint density at radius 2 is 1.97 bits per heavy atom. The van der Waals surface area contributed by atoms with E-state index in [1.165, 1.54) is 11.3 Å². The molecule has 58 heavy (non-hydrogen) atoms. The van der Waals surface area contributed by atoms with E-state index in [2.05, 4.69) is 83.8 Å². The highest BCUT2D eigenvalue weighted by atomic mass is 32.1. The Hall–Kier alpha value is -4.47. The van der Waals surface area contributed by atoms with E-state index < -0.39 is 17.0 Å². The number of fused-ring (bicyclic) bond motifs is 8. The summed E-state index contributed by atoms with van der Waals surface area (Å²) in [5.74, 6) is -0.649. The molecule has 6 bridgehead atoms. The first kappa shape index (κ1) is 40.3. The van der Waals surface area contributed by atoms with E-state index in [1.54, 1.807) is 19.0 Å². The molecule has 3 aromatic rings. The number of rotatable bonds is 7. The maximum absolute atomic E-state index is 14.6. The molecular formula is C44H57N8O5S+. The number of hydrogen-bond acceptors (Lipinski definition) is 11. The summed E-state index contributed by atoms with van der Waals surface area (Å²) >= 11 is 1.52. The SMILES string of the molecule is C=C(/C=N\C(=C\c1c2c3cc(ccc3n1CC)-c1csc(n1)CC1(CC3=C[N+]31C(C)=O)C(=O)N1CCC[C@H](N1)C(=O)OCC(C)(C)C2)[C@H](C)OC)N1CCN(C)CC1. The van der Waals surface area contributed by atoms with E-state index in [-0.39, 0.29) is 35.0 Å². The maximum atomic E-state index is 14.6. The van der Waals surface area contributed by atoms with Crippen molar-refractivity contribution in [3.8, 4) is 11.3 Å². The zero-order valence-corrected chi connectivity index (χ0v) is 35.8. The van der Waals surface area contributed by atoms with Crippen molar-refractivity contribution in [1.29, 1.82) is 0 Å². The highest BCUT2D eigenvalue weighted by Crippen LogP contribution is 2.61. The lowest BCUT2D eigenvalue weighted by Gasteiger charge is -2.47. The van der Waals surface area contributed by atoms with E-state index in [0.717, 1.165) is 88.2 Å². The first-order valence-corrected chi connectivity index (χ1v) is 21.5. The monoisotopic (exact) mass is 809 g/mol. The molecule has 5 aliphatic rings. The van der Waals surface area contributed by atoms with Crippen LogP contribution < -0.4 is 5.43 Å². The normalized spacial score (nSPS) is 26.9. The Balaban J connectivity index is 1.23. The van der Waals surface area contributed by atoms with Crippen LogP contribution in [-0.4, -0.2) is 124 Å². The van der Waals surface area contributed by atoms with Gasteiger partial charge in [0.05, 0.1) is 43.9 Å². The average molecular weight is 810 g/mol. The summed E-state index contributed by atoms with van der Waals surface area (Å²) in [5, 5.41) is 5.50. The lowest BCUT2D eigenvalue weighted by atomic mass is 9.80. The number of carbonyl (C=O) groups is 3. The highest BCUT2D eigenvalue weighted by Gasteiger charge is 2.80. The highest BCUT2D eigenvalue weighted by molar-refractivity contribution is 7.10. The number of carbonyl (C=O) groups excluding carboxylic acids is 3. The van der Waals surface area contributed by atoms with Crippen LogP contribution in [0, 0.1) is 5.41 Å². The zero-order valence-electron chi connectivity index (χ0n) is 35.0. The molecule has 1 spiro atoms. The number of ether oxygens (including phenoxy) is 2. The molecule has 4 atom stereocenters. The number of aryl methyl sites for hydroxylation is 1. The number of piperazine rings is 1. The molecule has 3 fully saturated rings. The van der Waals surface area contributed by atoms with Gasteiger partial charge in [-0.1, -0.05) is 26.5 Å². The number of cyclic esters (lactones) is 1. The number of hydrazine groups is 1. The molecule has 308 valence electrons. The first-order valence-electron chi connectivity index (χ1n) is 20.6. The van der Waals surface area contributed by atoms with Gasteiger partial charge in [-0.15, -0.1) is 11.3 Å². The van der Waals surface area contributed by atoms with Gasteiger partial charge in [0, 0.05) is 91.2 Å². The van der Waals surface area contributed by atoms with Crippen LogP contribution in [0.1, 0.15) is 70.1 Å². The van der Waals surface area contributed by atoms with Crippen molar-refractivity contribution < 1.29 is 28.3 Å². The minimum Gasteiger partial charge on any atom is -0.464 e. The number of nitrogens with one attached hydrogen (secondary N) is 1. The van der Waals surface area contributed by atoms with Gasteiger partial charge in [-0.3, -0.25) is 19.6 Å². The fraction of sp³-hybridized carbons (Fsp3) is 0.523. The number of amides is 2. The molecule has 8 rings (SSSR count). The molecular weight excluding hydrogens is 753 g/mol. The molecule has 2 amide bonds. The molecule has 14 heteroatoms. The van der Waals surface area contributed by atoms with Gasteiger partial charge in [-0.2, -0.15) is 4.48 Å². The number of thiazole rings is 1. The summed E-state index contributed by atoms with van der Waals surface area (Å²) in [6.07, 6.45) is 8.22. The molecule has 3 saturated heterocycles. The largest absolute Gasteiger partial charge is 0.464 e. The number of likely N-dealkylation sites (N-methyl/N-ethyl adjacent to an activating group) is 1. The van der Waals surface area contributed by atoms with Crippen molar-refractivity contribution in [3.63, 3.8) is 0 Å². The smallest absolute Gasteiger partial charge is 0.324 e. The summed E-state index contributed by atoms with van der Waals surface area (Å²) in [6.45, 7) is 19.4. The standard InChI is InChI=1S/C44H57N8O5S/c1-9-50-38-13-12-31-19-33(38)34(39(50)20-36(29(3)56-8)45-24-28(2)49-17-15-48(7)16-18-49)22-43(5,6)27-57-41(54)35-11-10-14-51(47-35)42(55)44(23-40-46-37(31)26-58-40)21-32-25-52(32,44)30(4)53/h12-13,19-20,24-26,29,35,47H,2,9-11,14-18,21-23,27H2,1,3-8H3/q+1/b36-20+,45-24-/t29-,35-,44?,52?/m0/s1. The van der Waals surface area contributed by atoms with Gasteiger partial charge in [0.25, 0.3) is 0 Å². The Labute approximate surface area is 345 Å². The predicted octanol–water partition coefficient (Wildman–Crippen LogP) is 5.52. The molecule has 5 aliphatic heterocycles. The third-order valence-electron chi connectivity index (χ3n) is 12.9. The van der Waals surface area contributed by atoms with Gasteiger partial charge in [0.15, 0.2) is 11.9 Å². The molecule has 1 N–H and O–H groups in total. The van der Waals surface area contributed by atoms with Crippen molar-refractivity contribution >= 4 is 52.3 Å². The molecule has 0 radical (unpaired) electrons. The van der Waals surface area contributed by atoms with Gasteiger partial charge in [0.2, 0.25) is 5.54 Å². The second kappa shape index (κ2) is 15.3. The minimum atomic E-state index is -1.05. The van der Waals surface area contributed by atoms with Crippen molar-refractivity contribution in [2.75, 3.05) is 53.5 Å². The predicted molar refractivity (Wildman–Crippen MR) is 226 cm³/mol. The number of quaternary nitrogens is 1. The van der Waals surface area contributed by atoms with Crippen molar-refractivity contribution in [2.45, 2.75) is 91.0 Å². The van der Waals surface area contributed by atoms with E-state index >= 15 is 0 Å².